The lowest BCUT2D eigenvalue weighted by atomic mass is 10.1. The second-order valence-corrected chi connectivity index (χ2v) is 7.09. The number of fused-ring (bicyclic) bond motifs is 1. The molecule has 4 rings (SSSR count). The van der Waals surface area contributed by atoms with E-state index >= 15 is 0 Å². The predicted molar refractivity (Wildman–Crippen MR) is 105 cm³/mol. The second-order valence-electron chi connectivity index (χ2n) is 6.14. The van der Waals surface area contributed by atoms with Crippen molar-refractivity contribution in [2.75, 3.05) is 5.32 Å². The van der Waals surface area contributed by atoms with Gasteiger partial charge in [-0.3, -0.25) is 14.9 Å². The van der Waals surface area contributed by atoms with Crippen LogP contribution >= 0.6 is 11.3 Å². The molecule has 0 radical (unpaired) electrons. The molecule has 0 unspecified atom stereocenters. The van der Waals surface area contributed by atoms with Crippen molar-refractivity contribution in [1.82, 2.24) is 19.8 Å². The number of nitrogens with zero attached hydrogens (tertiary/aromatic N) is 5. The fourth-order valence-corrected chi connectivity index (χ4v) is 3.53. The number of non-ortho nitro benzene ring substituents is 1. The number of hydrogen-bond donors (Lipinski definition) is 1. The molecule has 0 saturated carbocycles. The number of anilines is 1. The lowest BCUT2D eigenvalue weighted by molar-refractivity contribution is -0.384. The minimum Gasteiger partial charge on any atom is -0.322 e. The molecule has 0 atom stereocenters. The van der Waals surface area contributed by atoms with Crippen molar-refractivity contribution in [1.29, 1.82) is 0 Å². The van der Waals surface area contributed by atoms with Gasteiger partial charge in [0.15, 0.2) is 5.82 Å². The first-order valence-electron chi connectivity index (χ1n) is 8.28. The van der Waals surface area contributed by atoms with Crippen molar-refractivity contribution in [3.8, 4) is 10.6 Å². The topological polar surface area (TPSA) is 115 Å². The maximum atomic E-state index is 12.5. The summed E-state index contributed by atoms with van der Waals surface area (Å²) in [5, 5.41) is 26.9. The molecule has 1 N–H and O–H groups in total. The van der Waals surface area contributed by atoms with E-state index in [2.05, 4.69) is 20.6 Å². The number of carbonyl (C=O) groups excluding carboxylic acids is 1. The Kier molecular flexibility index (Phi) is 4.32. The summed E-state index contributed by atoms with van der Waals surface area (Å²) < 4.78 is 1.68. The molecule has 9 nitrogen and oxygen atoms in total. The zero-order chi connectivity index (χ0) is 19.8. The van der Waals surface area contributed by atoms with E-state index in [-0.39, 0.29) is 11.6 Å². The average molecular weight is 394 g/mol. The normalized spacial score (nSPS) is 10.9. The van der Waals surface area contributed by atoms with Gasteiger partial charge in [0.1, 0.15) is 5.01 Å². The molecule has 0 fully saturated rings. The number of benzene rings is 2. The smallest absolute Gasteiger partial charge is 0.269 e. The van der Waals surface area contributed by atoms with Crippen molar-refractivity contribution < 1.29 is 9.72 Å². The fourth-order valence-electron chi connectivity index (χ4n) is 2.65. The number of rotatable bonds is 4. The quantitative estimate of drug-likeness (QED) is 0.417. The number of nitro groups is 1. The Bertz CT molecular complexity index is 1210. The van der Waals surface area contributed by atoms with E-state index in [0.29, 0.717) is 22.0 Å². The molecule has 2 aromatic carbocycles. The Morgan fingerprint density at radius 2 is 1.89 bits per heavy atom. The summed E-state index contributed by atoms with van der Waals surface area (Å²) in [4.78, 5) is 23.5. The van der Waals surface area contributed by atoms with Gasteiger partial charge in [-0.2, -0.15) is 9.61 Å². The van der Waals surface area contributed by atoms with E-state index in [1.165, 1.54) is 35.6 Å². The highest BCUT2D eigenvalue weighted by Crippen LogP contribution is 2.29. The Morgan fingerprint density at radius 3 is 2.57 bits per heavy atom. The van der Waals surface area contributed by atoms with Gasteiger partial charge < -0.3 is 5.32 Å². The van der Waals surface area contributed by atoms with E-state index in [4.69, 9.17) is 0 Å². The SMILES string of the molecule is Cc1ccc(-c2nn3c(C)nnc3s2)cc1NC(=O)c1ccc([N+](=O)[O-])cc1. The molecule has 2 heterocycles. The van der Waals surface area contributed by atoms with Crippen LogP contribution in [0.1, 0.15) is 21.7 Å². The van der Waals surface area contributed by atoms with Gasteiger partial charge in [-0.25, -0.2) is 0 Å². The third-order valence-electron chi connectivity index (χ3n) is 4.22. The van der Waals surface area contributed by atoms with Gasteiger partial charge in [0.2, 0.25) is 4.96 Å². The first-order valence-corrected chi connectivity index (χ1v) is 9.10. The van der Waals surface area contributed by atoms with Crippen LogP contribution in [0, 0.1) is 24.0 Å². The van der Waals surface area contributed by atoms with Crippen molar-refractivity contribution in [3.63, 3.8) is 0 Å². The first-order chi connectivity index (χ1) is 13.4. The molecule has 0 spiro atoms. The highest BCUT2D eigenvalue weighted by molar-refractivity contribution is 7.19. The van der Waals surface area contributed by atoms with Crippen LogP contribution in [-0.4, -0.2) is 30.6 Å². The molecule has 0 aliphatic heterocycles. The van der Waals surface area contributed by atoms with Gasteiger partial charge in [-0.05, 0) is 37.6 Å². The molecule has 28 heavy (non-hydrogen) atoms. The standard InChI is InChI=1S/C18H14N6O3S/c1-10-3-4-13(17-22-23-11(2)20-21-18(23)28-17)9-15(10)19-16(25)12-5-7-14(8-6-12)24(26)27/h3-9H,1-2H3,(H,19,25). The van der Waals surface area contributed by atoms with Crippen LogP contribution in [0.15, 0.2) is 42.5 Å². The third kappa shape index (κ3) is 3.21. The Balaban J connectivity index is 1.61. The van der Waals surface area contributed by atoms with Crippen LogP contribution in [0.4, 0.5) is 11.4 Å². The average Bonchev–Trinajstić information content (AvgIpc) is 3.26. The zero-order valence-electron chi connectivity index (χ0n) is 14.9. The van der Waals surface area contributed by atoms with Gasteiger partial charge in [0.05, 0.1) is 4.92 Å². The fraction of sp³-hybridized carbons (Fsp3) is 0.111. The van der Waals surface area contributed by atoms with Gasteiger partial charge in [-0.1, -0.05) is 23.5 Å². The van der Waals surface area contributed by atoms with E-state index < -0.39 is 4.92 Å². The van der Waals surface area contributed by atoms with Crippen LogP contribution in [0.3, 0.4) is 0 Å². The number of aryl methyl sites for hydroxylation is 2. The lowest BCUT2D eigenvalue weighted by Crippen LogP contribution is -2.12. The van der Waals surface area contributed by atoms with Gasteiger partial charge in [0.25, 0.3) is 11.6 Å². The summed E-state index contributed by atoms with van der Waals surface area (Å²) >= 11 is 1.41. The van der Waals surface area contributed by atoms with Crippen molar-refractivity contribution in [3.05, 3.63) is 69.5 Å². The van der Waals surface area contributed by atoms with Gasteiger partial charge in [-0.15, -0.1) is 10.2 Å². The third-order valence-corrected chi connectivity index (χ3v) is 5.17. The Labute approximate surface area is 162 Å². The summed E-state index contributed by atoms with van der Waals surface area (Å²) in [6, 6.07) is 11.1. The molecule has 4 aromatic rings. The summed E-state index contributed by atoms with van der Waals surface area (Å²) in [5.41, 5.74) is 2.65. The van der Waals surface area contributed by atoms with Crippen molar-refractivity contribution in [2.45, 2.75) is 13.8 Å². The summed E-state index contributed by atoms with van der Waals surface area (Å²) in [7, 11) is 0. The number of carbonyl (C=O) groups is 1. The second kappa shape index (κ2) is 6.82. The minimum atomic E-state index is -0.503. The number of amides is 1. The highest BCUT2D eigenvalue weighted by Gasteiger charge is 2.14. The highest BCUT2D eigenvalue weighted by atomic mass is 32.1. The summed E-state index contributed by atoms with van der Waals surface area (Å²) in [6.07, 6.45) is 0. The predicted octanol–water partition coefficient (Wildman–Crippen LogP) is 3.63. The van der Waals surface area contributed by atoms with Crippen LogP contribution in [-0.2, 0) is 0 Å². The van der Waals surface area contributed by atoms with Crippen molar-refractivity contribution in [2.24, 2.45) is 0 Å². The monoisotopic (exact) mass is 394 g/mol. The van der Waals surface area contributed by atoms with Gasteiger partial charge >= 0.3 is 0 Å². The Hall–Kier alpha value is -3.66. The van der Waals surface area contributed by atoms with E-state index in [1.807, 2.05) is 32.0 Å². The van der Waals surface area contributed by atoms with Crippen LogP contribution < -0.4 is 5.32 Å². The van der Waals surface area contributed by atoms with Crippen LogP contribution in [0.5, 0.6) is 0 Å². The largest absolute Gasteiger partial charge is 0.322 e. The summed E-state index contributed by atoms with van der Waals surface area (Å²) in [6.45, 7) is 3.71. The van der Waals surface area contributed by atoms with E-state index in [9.17, 15) is 14.9 Å². The first kappa shape index (κ1) is 17.7. The number of hydrogen-bond acceptors (Lipinski definition) is 7. The molecule has 0 aliphatic carbocycles. The molecule has 2 aromatic heterocycles. The minimum absolute atomic E-state index is 0.0618. The van der Waals surface area contributed by atoms with Gasteiger partial charge in [0, 0.05) is 28.9 Å². The molecule has 0 bridgehead atoms. The number of nitro benzene ring substituents is 1. The lowest BCUT2D eigenvalue weighted by Gasteiger charge is -2.10. The Morgan fingerprint density at radius 1 is 1.14 bits per heavy atom. The number of nitrogens with one attached hydrogen (secondary N) is 1. The molecule has 1 amide bonds. The maximum absolute atomic E-state index is 12.5. The summed E-state index contributed by atoms with van der Waals surface area (Å²) in [5.74, 6) is 0.362. The van der Waals surface area contributed by atoms with E-state index in [1.54, 1.807) is 4.52 Å². The number of aromatic nitrogens is 4. The molecule has 0 saturated heterocycles. The molecule has 10 heteroatoms. The zero-order valence-corrected chi connectivity index (χ0v) is 15.7. The maximum Gasteiger partial charge on any atom is 0.269 e. The van der Waals surface area contributed by atoms with Crippen LogP contribution in [0.2, 0.25) is 0 Å². The van der Waals surface area contributed by atoms with E-state index in [0.717, 1.165) is 16.1 Å². The molecular weight excluding hydrogens is 380 g/mol. The van der Waals surface area contributed by atoms with Crippen molar-refractivity contribution >= 4 is 33.6 Å². The van der Waals surface area contributed by atoms with Crippen LogP contribution in [0.25, 0.3) is 15.5 Å². The molecular formula is C18H14N6O3S. The molecule has 140 valence electrons. The molecule has 0 aliphatic rings.